The fraction of sp³-hybridized carbons (Fsp3) is 0.333. The van der Waals surface area contributed by atoms with Gasteiger partial charge in [-0.15, -0.1) is 0 Å². The molecule has 0 radical (unpaired) electrons. The van der Waals surface area contributed by atoms with Crippen LogP contribution in [0.2, 0.25) is 0 Å². The number of imidazole rings is 1. The molecule has 27 heavy (non-hydrogen) atoms. The third kappa shape index (κ3) is 3.06. The van der Waals surface area contributed by atoms with Crippen molar-refractivity contribution >= 4 is 17.1 Å². The van der Waals surface area contributed by atoms with Gasteiger partial charge in [0.2, 0.25) is 0 Å². The molecule has 1 aromatic heterocycles. The summed E-state index contributed by atoms with van der Waals surface area (Å²) in [7, 11) is 0. The van der Waals surface area contributed by atoms with Crippen molar-refractivity contribution in [2.24, 2.45) is 0 Å². The molecule has 1 saturated heterocycles. The fourth-order valence-electron chi connectivity index (χ4n) is 3.65. The van der Waals surface area contributed by atoms with E-state index in [4.69, 9.17) is 4.74 Å². The number of amides is 1. The van der Waals surface area contributed by atoms with Crippen molar-refractivity contribution in [2.45, 2.75) is 38.0 Å². The zero-order valence-corrected chi connectivity index (χ0v) is 15.5. The van der Waals surface area contributed by atoms with E-state index >= 15 is 0 Å². The van der Waals surface area contributed by atoms with Crippen LogP contribution in [-0.2, 0) is 17.6 Å². The smallest absolute Gasteiger partial charge is 0.412 e. The van der Waals surface area contributed by atoms with Gasteiger partial charge in [0.15, 0.2) is 11.3 Å². The Kier molecular flexibility index (Phi) is 4.15. The number of rotatable bonds is 5. The van der Waals surface area contributed by atoms with Gasteiger partial charge >= 0.3 is 6.09 Å². The number of H-pyrrole nitrogens is 1. The van der Waals surface area contributed by atoms with Crippen LogP contribution in [0.3, 0.4) is 0 Å². The zero-order valence-electron chi connectivity index (χ0n) is 15.5. The molecule has 0 spiro atoms. The van der Waals surface area contributed by atoms with Gasteiger partial charge in [-0.05, 0) is 31.5 Å². The van der Waals surface area contributed by atoms with Gasteiger partial charge in [0.1, 0.15) is 5.82 Å². The number of nitrogens with one attached hydrogen (secondary N) is 1. The summed E-state index contributed by atoms with van der Waals surface area (Å²) in [5, 5.41) is 11.2. The molecule has 6 heteroatoms. The highest BCUT2D eigenvalue weighted by Crippen LogP contribution is 2.39. The summed E-state index contributed by atoms with van der Waals surface area (Å²) in [5.74, 6) is 0.775. The monoisotopic (exact) mass is 365 g/mol. The van der Waals surface area contributed by atoms with Gasteiger partial charge in [-0.2, -0.15) is 0 Å². The van der Waals surface area contributed by atoms with Gasteiger partial charge in [-0.25, -0.2) is 9.78 Å². The lowest BCUT2D eigenvalue weighted by Gasteiger charge is -2.37. The van der Waals surface area contributed by atoms with E-state index in [1.165, 1.54) is 4.90 Å². The number of aromatic amines is 1. The number of aliphatic hydroxyl groups is 1. The Hall–Kier alpha value is -2.86. The zero-order chi connectivity index (χ0) is 19.1. The van der Waals surface area contributed by atoms with Crippen molar-refractivity contribution in [2.75, 3.05) is 6.54 Å². The van der Waals surface area contributed by atoms with Crippen molar-refractivity contribution in [3.8, 4) is 0 Å². The van der Waals surface area contributed by atoms with Crippen LogP contribution in [0.4, 0.5) is 4.79 Å². The first-order valence-electron chi connectivity index (χ1n) is 9.10. The number of carbonyl (C=O) groups is 1. The minimum atomic E-state index is -1.42. The summed E-state index contributed by atoms with van der Waals surface area (Å²) >= 11 is 0. The lowest BCUT2D eigenvalue weighted by molar-refractivity contribution is -0.135. The van der Waals surface area contributed by atoms with Gasteiger partial charge < -0.3 is 14.8 Å². The highest BCUT2D eigenvalue weighted by atomic mass is 16.6. The molecule has 1 aliphatic heterocycles. The third-order valence-corrected chi connectivity index (χ3v) is 5.46. The molecule has 0 unspecified atom stereocenters. The maximum Gasteiger partial charge on any atom is 0.412 e. The van der Waals surface area contributed by atoms with Crippen LogP contribution >= 0.6 is 0 Å². The maximum atomic E-state index is 12.5. The topological polar surface area (TPSA) is 78.5 Å². The minimum absolute atomic E-state index is 0.316. The van der Waals surface area contributed by atoms with Crippen LogP contribution in [0.1, 0.15) is 25.2 Å². The van der Waals surface area contributed by atoms with E-state index in [1.54, 1.807) is 13.8 Å². The molecule has 2 atom stereocenters. The number of fused-ring (bicyclic) bond motifs is 1. The average Bonchev–Trinajstić information content (AvgIpc) is 3.11. The van der Waals surface area contributed by atoms with Crippen molar-refractivity contribution < 1.29 is 14.6 Å². The second kappa shape index (κ2) is 6.39. The molecule has 1 fully saturated rings. The Bertz CT molecular complexity index is 934. The summed E-state index contributed by atoms with van der Waals surface area (Å²) in [5.41, 5.74) is 0.396. The highest BCUT2D eigenvalue weighted by Gasteiger charge is 2.58. The van der Waals surface area contributed by atoms with E-state index in [-0.39, 0.29) is 0 Å². The summed E-state index contributed by atoms with van der Waals surface area (Å²) in [6.07, 6.45) is 0.434. The first-order valence-corrected chi connectivity index (χ1v) is 9.10. The largest absolute Gasteiger partial charge is 0.438 e. The molecule has 2 aromatic carbocycles. The first kappa shape index (κ1) is 17.5. The average molecular weight is 365 g/mol. The SMILES string of the molecule is C[C@]1(Cc2ccccc2)OC(=O)N(CCc2nc3ccccc3[nH]2)[C@]1(C)O. The van der Waals surface area contributed by atoms with Crippen LogP contribution in [0.25, 0.3) is 11.0 Å². The Morgan fingerprint density at radius 1 is 1.11 bits per heavy atom. The van der Waals surface area contributed by atoms with Crippen molar-refractivity contribution in [1.82, 2.24) is 14.9 Å². The molecule has 0 aliphatic carbocycles. The summed E-state index contributed by atoms with van der Waals surface area (Å²) in [6, 6.07) is 17.5. The number of hydrogen-bond donors (Lipinski definition) is 2. The van der Waals surface area contributed by atoms with Crippen molar-refractivity contribution in [3.63, 3.8) is 0 Å². The Labute approximate surface area is 157 Å². The minimum Gasteiger partial charge on any atom is -0.438 e. The molecule has 1 aliphatic rings. The molecular formula is C21H23N3O3. The molecular weight excluding hydrogens is 342 g/mol. The predicted octanol–water partition coefficient (Wildman–Crippen LogP) is 3.27. The molecule has 2 N–H and O–H groups in total. The van der Waals surface area contributed by atoms with Gasteiger partial charge in [0.05, 0.1) is 11.0 Å². The Morgan fingerprint density at radius 2 is 1.81 bits per heavy atom. The van der Waals surface area contributed by atoms with Crippen molar-refractivity contribution in [1.29, 1.82) is 0 Å². The lowest BCUT2D eigenvalue weighted by atomic mass is 9.86. The normalized spacial score (nSPS) is 25.1. The van der Waals surface area contributed by atoms with Gasteiger partial charge in [-0.1, -0.05) is 42.5 Å². The van der Waals surface area contributed by atoms with Crippen molar-refractivity contribution in [3.05, 3.63) is 66.0 Å². The van der Waals surface area contributed by atoms with E-state index in [0.29, 0.717) is 19.4 Å². The third-order valence-electron chi connectivity index (χ3n) is 5.46. The van der Waals surface area contributed by atoms with Crippen LogP contribution in [-0.4, -0.2) is 43.9 Å². The number of cyclic esters (lactones) is 1. The molecule has 1 amide bonds. The molecule has 3 aromatic rings. The second-order valence-electron chi connectivity index (χ2n) is 7.38. The number of nitrogens with zero attached hydrogens (tertiary/aromatic N) is 2. The molecule has 0 bridgehead atoms. The van der Waals surface area contributed by atoms with E-state index < -0.39 is 17.4 Å². The summed E-state index contributed by atoms with van der Waals surface area (Å²) in [4.78, 5) is 21.7. The van der Waals surface area contributed by atoms with Gasteiger partial charge in [0, 0.05) is 19.4 Å². The number of aromatic nitrogens is 2. The molecule has 140 valence electrons. The fourth-order valence-corrected chi connectivity index (χ4v) is 3.65. The highest BCUT2D eigenvalue weighted by molar-refractivity contribution is 5.75. The number of carbonyl (C=O) groups excluding carboxylic acids is 1. The number of ether oxygens (including phenoxy) is 1. The first-order chi connectivity index (χ1) is 12.9. The molecule has 6 nitrogen and oxygen atoms in total. The van der Waals surface area contributed by atoms with Crippen LogP contribution in [0.5, 0.6) is 0 Å². The predicted molar refractivity (Wildman–Crippen MR) is 102 cm³/mol. The summed E-state index contributed by atoms with van der Waals surface area (Å²) in [6.45, 7) is 3.73. The maximum absolute atomic E-state index is 12.5. The Balaban J connectivity index is 1.51. The molecule has 4 rings (SSSR count). The Morgan fingerprint density at radius 3 is 2.56 bits per heavy atom. The van der Waals surface area contributed by atoms with Crippen LogP contribution < -0.4 is 0 Å². The molecule has 2 heterocycles. The molecule has 0 saturated carbocycles. The quantitative estimate of drug-likeness (QED) is 0.727. The van der Waals surface area contributed by atoms with E-state index in [9.17, 15) is 9.90 Å². The van der Waals surface area contributed by atoms with E-state index in [1.807, 2.05) is 54.6 Å². The second-order valence-corrected chi connectivity index (χ2v) is 7.38. The van der Waals surface area contributed by atoms with E-state index in [2.05, 4.69) is 9.97 Å². The standard InChI is InChI=1S/C21H23N3O3/c1-20(14-15-8-4-3-5-9-15)21(2,26)24(19(25)27-20)13-12-18-22-16-10-6-7-11-17(16)23-18/h3-11,26H,12-14H2,1-2H3,(H,22,23)/t20-,21-/m1/s1. The van der Waals surface area contributed by atoms with E-state index in [0.717, 1.165) is 22.4 Å². The number of benzene rings is 2. The lowest BCUT2D eigenvalue weighted by Crippen LogP contribution is -2.56. The number of para-hydroxylation sites is 2. The van der Waals surface area contributed by atoms with Gasteiger partial charge in [0.25, 0.3) is 0 Å². The van der Waals surface area contributed by atoms with Gasteiger partial charge in [-0.3, -0.25) is 4.90 Å². The van der Waals surface area contributed by atoms with Crippen LogP contribution in [0.15, 0.2) is 54.6 Å². The summed E-state index contributed by atoms with van der Waals surface area (Å²) < 4.78 is 5.63. The van der Waals surface area contributed by atoms with Crippen LogP contribution in [0, 0.1) is 0 Å². The number of hydrogen-bond acceptors (Lipinski definition) is 4.